The molecule has 0 aromatic heterocycles. The van der Waals surface area contributed by atoms with Gasteiger partial charge in [0, 0.05) is 0 Å². The summed E-state index contributed by atoms with van der Waals surface area (Å²) in [7, 11) is 3.75. The first-order valence-corrected chi connectivity index (χ1v) is 3.68. The molecule has 0 saturated heterocycles. The van der Waals surface area contributed by atoms with Crippen molar-refractivity contribution < 1.29 is 14.4 Å². The first-order valence-electron chi connectivity index (χ1n) is 3.68. The minimum atomic E-state index is -0.127. The summed E-state index contributed by atoms with van der Waals surface area (Å²) < 4.78 is 0.0903. The standard InChI is InChI=1S/C7H17N2O2/c1-4-9(6-10,7-11)5-8(2)3/h6,11H,4-5,7H2,1-3H3/q+1. The van der Waals surface area contributed by atoms with Gasteiger partial charge >= 0.3 is 6.41 Å². The van der Waals surface area contributed by atoms with Gasteiger partial charge in [-0.2, -0.15) is 0 Å². The highest BCUT2D eigenvalue weighted by atomic mass is 16.3. The van der Waals surface area contributed by atoms with Gasteiger partial charge in [-0.25, -0.2) is 9.28 Å². The van der Waals surface area contributed by atoms with Crippen LogP contribution in [0.2, 0.25) is 0 Å². The summed E-state index contributed by atoms with van der Waals surface area (Å²) in [6.45, 7) is 2.93. The van der Waals surface area contributed by atoms with Crippen LogP contribution in [0.1, 0.15) is 6.92 Å². The summed E-state index contributed by atoms with van der Waals surface area (Å²) in [5.74, 6) is 0. The molecule has 0 rings (SSSR count). The van der Waals surface area contributed by atoms with Crippen molar-refractivity contribution >= 4 is 6.41 Å². The fourth-order valence-electron chi connectivity index (χ4n) is 0.949. The van der Waals surface area contributed by atoms with E-state index in [0.29, 0.717) is 13.2 Å². The number of aliphatic hydroxyl groups excluding tert-OH is 1. The van der Waals surface area contributed by atoms with E-state index >= 15 is 0 Å². The van der Waals surface area contributed by atoms with Crippen LogP contribution in [-0.2, 0) is 4.79 Å². The highest BCUT2D eigenvalue weighted by Gasteiger charge is 2.23. The van der Waals surface area contributed by atoms with Crippen molar-refractivity contribution in [3.05, 3.63) is 0 Å². The largest absolute Gasteiger partial charge is 0.347 e. The molecule has 1 atom stereocenters. The summed E-state index contributed by atoms with van der Waals surface area (Å²) >= 11 is 0. The monoisotopic (exact) mass is 161 g/mol. The van der Waals surface area contributed by atoms with Gasteiger partial charge in [-0.3, -0.25) is 4.90 Å². The number of carbonyl (C=O) groups excluding carboxylic acids is 1. The number of hydrogen-bond donors (Lipinski definition) is 1. The Morgan fingerprint density at radius 3 is 2.18 bits per heavy atom. The molecule has 0 aliphatic carbocycles. The zero-order chi connectivity index (χ0) is 8.91. The lowest BCUT2D eigenvalue weighted by Gasteiger charge is -2.30. The van der Waals surface area contributed by atoms with Gasteiger partial charge in [0.15, 0.2) is 6.73 Å². The van der Waals surface area contributed by atoms with Crippen LogP contribution >= 0.6 is 0 Å². The van der Waals surface area contributed by atoms with Crippen molar-refractivity contribution in [2.75, 3.05) is 34.0 Å². The van der Waals surface area contributed by atoms with E-state index < -0.39 is 0 Å². The molecule has 0 spiro atoms. The average molecular weight is 161 g/mol. The van der Waals surface area contributed by atoms with E-state index in [9.17, 15) is 4.79 Å². The number of aliphatic hydroxyl groups is 1. The van der Waals surface area contributed by atoms with Crippen molar-refractivity contribution in [2.24, 2.45) is 0 Å². The predicted molar refractivity (Wildman–Crippen MR) is 42.5 cm³/mol. The van der Waals surface area contributed by atoms with Crippen molar-refractivity contribution in [3.8, 4) is 0 Å². The fourth-order valence-corrected chi connectivity index (χ4v) is 0.949. The molecule has 0 fully saturated rings. The number of quaternary nitrogens is 1. The molecule has 0 radical (unpaired) electrons. The molecule has 1 unspecified atom stereocenters. The van der Waals surface area contributed by atoms with Crippen LogP contribution in [0.4, 0.5) is 0 Å². The highest BCUT2D eigenvalue weighted by molar-refractivity contribution is 5.36. The maximum atomic E-state index is 10.6. The fraction of sp³-hybridized carbons (Fsp3) is 0.857. The first kappa shape index (κ1) is 10.6. The van der Waals surface area contributed by atoms with E-state index in [1.165, 1.54) is 0 Å². The molecule has 0 aromatic carbocycles. The molecule has 4 heteroatoms. The predicted octanol–water partition coefficient (Wildman–Crippen LogP) is -0.552. The number of nitrogens with zero attached hydrogens (tertiary/aromatic N) is 2. The lowest BCUT2D eigenvalue weighted by atomic mass is 10.5. The van der Waals surface area contributed by atoms with Crippen LogP contribution < -0.4 is 0 Å². The zero-order valence-corrected chi connectivity index (χ0v) is 7.45. The summed E-state index contributed by atoms with van der Waals surface area (Å²) in [6, 6.07) is 0. The number of rotatable bonds is 5. The van der Waals surface area contributed by atoms with Crippen molar-refractivity contribution in [2.45, 2.75) is 6.92 Å². The second-order valence-electron chi connectivity index (χ2n) is 3.00. The van der Waals surface area contributed by atoms with Crippen LogP contribution in [-0.4, -0.2) is 54.9 Å². The van der Waals surface area contributed by atoms with Gasteiger partial charge in [0.05, 0.1) is 6.54 Å². The van der Waals surface area contributed by atoms with Gasteiger partial charge in [-0.05, 0) is 21.0 Å². The minimum Gasteiger partial charge on any atom is -0.347 e. The quantitative estimate of drug-likeness (QED) is 0.334. The molecule has 0 aliphatic heterocycles. The van der Waals surface area contributed by atoms with E-state index in [-0.39, 0.29) is 11.2 Å². The van der Waals surface area contributed by atoms with Gasteiger partial charge in [0.2, 0.25) is 0 Å². The highest BCUT2D eigenvalue weighted by Crippen LogP contribution is 2.00. The van der Waals surface area contributed by atoms with E-state index in [4.69, 9.17) is 5.11 Å². The topological polar surface area (TPSA) is 40.5 Å². The second kappa shape index (κ2) is 4.43. The third kappa shape index (κ3) is 2.96. The Bertz CT molecular complexity index is 122. The van der Waals surface area contributed by atoms with E-state index in [2.05, 4.69) is 0 Å². The lowest BCUT2D eigenvalue weighted by molar-refractivity contribution is -0.873. The molecule has 0 saturated carbocycles. The third-order valence-electron chi connectivity index (χ3n) is 1.70. The van der Waals surface area contributed by atoms with Crippen molar-refractivity contribution in [1.29, 1.82) is 0 Å². The lowest BCUT2D eigenvalue weighted by Crippen LogP contribution is -2.52. The maximum absolute atomic E-state index is 10.6. The van der Waals surface area contributed by atoms with E-state index in [1.807, 2.05) is 25.9 Å². The van der Waals surface area contributed by atoms with Gasteiger partial charge in [-0.15, -0.1) is 0 Å². The molecule has 0 heterocycles. The van der Waals surface area contributed by atoms with Gasteiger partial charge in [0.1, 0.15) is 6.67 Å². The number of hydrogen-bond acceptors (Lipinski definition) is 3. The van der Waals surface area contributed by atoms with Crippen LogP contribution in [0.15, 0.2) is 0 Å². The van der Waals surface area contributed by atoms with Crippen LogP contribution in [0, 0.1) is 0 Å². The SMILES string of the molecule is CC[N+](C=O)(CO)CN(C)C. The summed E-state index contributed by atoms with van der Waals surface area (Å²) in [5, 5.41) is 8.94. The molecule has 1 N–H and O–H groups in total. The minimum absolute atomic E-state index is 0.0903. The molecule has 0 aliphatic rings. The van der Waals surface area contributed by atoms with E-state index in [0.717, 1.165) is 6.41 Å². The number of amides is 1. The molecular formula is C7H17N2O2+. The molecule has 1 amide bonds. The Morgan fingerprint density at radius 1 is 1.55 bits per heavy atom. The van der Waals surface area contributed by atoms with Gasteiger partial charge in [0.25, 0.3) is 0 Å². The molecule has 0 aromatic rings. The summed E-state index contributed by atoms with van der Waals surface area (Å²) in [5.41, 5.74) is 0. The maximum Gasteiger partial charge on any atom is 0.304 e. The Labute approximate surface area is 67.6 Å². The van der Waals surface area contributed by atoms with Gasteiger partial charge in [-0.1, -0.05) is 0 Å². The normalized spacial score (nSPS) is 16.5. The number of carbonyl (C=O) groups is 1. The first-order chi connectivity index (χ1) is 5.10. The molecule has 66 valence electrons. The molecular weight excluding hydrogens is 144 g/mol. The average Bonchev–Trinajstić information content (AvgIpc) is 2.00. The molecule has 0 bridgehead atoms. The van der Waals surface area contributed by atoms with Crippen molar-refractivity contribution in [1.82, 2.24) is 4.90 Å². The summed E-state index contributed by atoms with van der Waals surface area (Å²) in [4.78, 5) is 12.5. The van der Waals surface area contributed by atoms with Crippen LogP contribution in [0.3, 0.4) is 0 Å². The second-order valence-corrected chi connectivity index (χ2v) is 3.00. The molecule has 4 nitrogen and oxygen atoms in total. The zero-order valence-electron chi connectivity index (χ0n) is 7.45. The Hall–Kier alpha value is -0.450. The smallest absolute Gasteiger partial charge is 0.304 e. The van der Waals surface area contributed by atoms with E-state index in [1.54, 1.807) is 0 Å². The Kier molecular flexibility index (Phi) is 4.25. The van der Waals surface area contributed by atoms with Crippen molar-refractivity contribution in [3.63, 3.8) is 0 Å². The Morgan fingerprint density at radius 2 is 2.09 bits per heavy atom. The Balaban J connectivity index is 4.16. The van der Waals surface area contributed by atoms with Crippen LogP contribution in [0.25, 0.3) is 0 Å². The van der Waals surface area contributed by atoms with Gasteiger partial charge < -0.3 is 5.11 Å². The summed E-state index contributed by atoms with van der Waals surface area (Å²) in [6.07, 6.45) is 0.792. The third-order valence-corrected chi connectivity index (χ3v) is 1.70. The van der Waals surface area contributed by atoms with Crippen LogP contribution in [0.5, 0.6) is 0 Å². The molecule has 11 heavy (non-hydrogen) atoms.